The second-order valence-electron chi connectivity index (χ2n) is 6.15. The van der Waals surface area contributed by atoms with Crippen LogP contribution in [-0.4, -0.2) is 43.0 Å². The first-order valence-corrected chi connectivity index (χ1v) is 7.39. The first kappa shape index (κ1) is 16.7. The second kappa shape index (κ2) is 8.08. The number of nitrogens with zero attached hydrogens (tertiary/aromatic N) is 1. The molecular formula is C14H28ClN3O. The molecule has 1 atom stereocenters. The number of hydrogen-bond acceptors (Lipinski definition) is 3. The van der Waals surface area contributed by atoms with Gasteiger partial charge < -0.3 is 11.1 Å². The number of halogens is 1. The molecule has 2 fully saturated rings. The maximum Gasteiger partial charge on any atom is 0.234 e. The van der Waals surface area contributed by atoms with E-state index in [1.807, 2.05) is 0 Å². The van der Waals surface area contributed by atoms with Gasteiger partial charge in [-0.3, -0.25) is 9.69 Å². The number of nitrogens with one attached hydrogen (secondary N) is 1. The summed E-state index contributed by atoms with van der Waals surface area (Å²) >= 11 is 0. The molecule has 1 saturated carbocycles. The van der Waals surface area contributed by atoms with Gasteiger partial charge in [0.05, 0.1) is 6.54 Å². The number of amides is 1. The number of carbonyl (C=O) groups excluding carboxylic acids is 1. The topological polar surface area (TPSA) is 58.4 Å². The quantitative estimate of drug-likeness (QED) is 0.822. The van der Waals surface area contributed by atoms with Gasteiger partial charge in [-0.05, 0) is 57.0 Å². The Hall–Kier alpha value is -0.320. The zero-order chi connectivity index (χ0) is 13.0. The lowest BCUT2D eigenvalue weighted by Gasteiger charge is -2.27. The Labute approximate surface area is 122 Å². The van der Waals surface area contributed by atoms with Crippen LogP contribution in [-0.2, 0) is 4.79 Å². The highest BCUT2D eigenvalue weighted by molar-refractivity contribution is 5.85. The Morgan fingerprint density at radius 2 is 1.95 bits per heavy atom. The van der Waals surface area contributed by atoms with Crippen molar-refractivity contribution in [2.75, 3.05) is 26.2 Å². The molecule has 1 aliphatic carbocycles. The van der Waals surface area contributed by atoms with E-state index in [2.05, 4.69) is 17.1 Å². The molecule has 19 heavy (non-hydrogen) atoms. The predicted molar refractivity (Wildman–Crippen MR) is 80.4 cm³/mol. The lowest BCUT2D eigenvalue weighted by Crippen LogP contribution is -2.43. The predicted octanol–water partition coefficient (Wildman–Crippen LogP) is 1.38. The van der Waals surface area contributed by atoms with Crippen LogP contribution in [0.5, 0.6) is 0 Å². The normalized spacial score (nSPS) is 31.8. The van der Waals surface area contributed by atoms with Crippen LogP contribution in [0.25, 0.3) is 0 Å². The van der Waals surface area contributed by atoms with Gasteiger partial charge in [0.15, 0.2) is 0 Å². The zero-order valence-corrected chi connectivity index (χ0v) is 12.8. The summed E-state index contributed by atoms with van der Waals surface area (Å²) in [4.78, 5) is 14.2. The molecule has 0 radical (unpaired) electrons. The molecular weight excluding hydrogens is 262 g/mol. The van der Waals surface area contributed by atoms with Crippen molar-refractivity contribution in [2.24, 2.45) is 17.6 Å². The Morgan fingerprint density at radius 3 is 2.53 bits per heavy atom. The molecule has 0 spiro atoms. The van der Waals surface area contributed by atoms with Crippen molar-refractivity contribution >= 4 is 18.3 Å². The molecule has 1 amide bonds. The maximum atomic E-state index is 12.0. The van der Waals surface area contributed by atoms with E-state index in [0.717, 1.165) is 44.8 Å². The van der Waals surface area contributed by atoms with Gasteiger partial charge >= 0.3 is 0 Å². The highest BCUT2D eigenvalue weighted by Gasteiger charge is 2.24. The van der Waals surface area contributed by atoms with Crippen LogP contribution >= 0.6 is 12.4 Å². The minimum absolute atomic E-state index is 0. The van der Waals surface area contributed by atoms with Crippen molar-refractivity contribution in [2.45, 2.75) is 45.1 Å². The van der Waals surface area contributed by atoms with Crippen molar-refractivity contribution in [3.8, 4) is 0 Å². The molecule has 112 valence electrons. The molecule has 4 nitrogen and oxygen atoms in total. The van der Waals surface area contributed by atoms with Crippen LogP contribution < -0.4 is 11.1 Å². The van der Waals surface area contributed by atoms with E-state index >= 15 is 0 Å². The van der Waals surface area contributed by atoms with E-state index in [-0.39, 0.29) is 18.3 Å². The molecule has 1 unspecified atom stereocenters. The van der Waals surface area contributed by atoms with E-state index in [1.165, 1.54) is 12.8 Å². The fraction of sp³-hybridized carbons (Fsp3) is 0.929. The van der Waals surface area contributed by atoms with Gasteiger partial charge in [0.1, 0.15) is 0 Å². The smallest absolute Gasteiger partial charge is 0.234 e. The van der Waals surface area contributed by atoms with Crippen LogP contribution in [0.2, 0.25) is 0 Å². The number of likely N-dealkylation sites (tertiary alicyclic amines) is 1. The van der Waals surface area contributed by atoms with Crippen LogP contribution in [0.1, 0.15) is 39.0 Å². The Balaban J connectivity index is 0.00000180. The molecule has 1 heterocycles. The summed E-state index contributed by atoms with van der Waals surface area (Å²) in [6.45, 7) is 5.62. The third kappa shape index (κ3) is 5.28. The van der Waals surface area contributed by atoms with Gasteiger partial charge in [0.25, 0.3) is 0 Å². The molecule has 0 aromatic heterocycles. The van der Waals surface area contributed by atoms with Crippen molar-refractivity contribution in [1.82, 2.24) is 10.2 Å². The van der Waals surface area contributed by atoms with Crippen LogP contribution in [0.3, 0.4) is 0 Å². The van der Waals surface area contributed by atoms with Crippen molar-refractivity contribution in [3.05, 3.63) is 0 Å². The van der Waals surface area contributed by atoms with Gasteiger partial charge in [0.2, 0.25) is 5.91 Å². The average Bonchev–Trinajstić information content (AvgIpc) is 2.79. The van der Waals surface area contributed by atoms with Gasteiger partial charge in [0, 0.05) is 12.6 Å². The maximum absolute atomic E-state index is 12.0. The SMILES string of the molecule is CC1CCC(NC(=O)CN2CCC(CN)C2)CC1.Cl. The first-order chi connectivity index (χ1) is 8.67. The second-order valence-corrected chi connectivity index (χ2v) is 6.15. The third-order valence-electron chi connectivity index (χ3n) is 4.45. The van der Waals surface area contributed by atoms with E-state index in [4.69, 9.17) is 5.73 Å². The van der Waals surface area contributed by atoms with Gasteiger partial charge in [-0.25, -0.2) is 0 Å². The summed E-state index contributed by atoms with van der Waals surface area (Å²) < 4.78 is 0. The fourth-order valence-electron chi connectivity index (χ4n) is 3.13. The van der Waals surface area contributed by atoms with E-state index in [0.29, 0.717) is 18.5 Å². The molecule has 2 aliphatic rings. The van der Waals surface area contributed by atoms with Gasteiger partial charge in [-0.15, -0.1) is 12.4 Å². The number of nitrogens with two attached hydrogens (primary N) is 1. The lowest BCUT2D eigenvalue weighted by atomic mass is 9.87. The van der Waals surface area contributed by atoms with E-state index in [9.17, 15) is 4.79 Å². The highest BCUT2D eigenvalue weighted by atomic mass is 35.5. The first-order valence-electron chi connectivity index (χ1n) is 7.39. The third-order valence-corrected chi connectivity index (χ3v) is 4.45. The monoisotopic (exact) mass is 289 g/mol. The largest absolute Gasteiger partial charge is 0.352 e. The lowest BCUT2D eigenvalue weighted by molar-refractivity contribution is -0.123. The minimum atomic E-state index is 0. The molecule has 5 heteroatoms. The van der Waals surface area contributed by atoms with Crippen molar-refractivity contribution in [1.29, 1.82) is 0 Å². The van der Waals surface area contributed by atoms with Crippen LogP contribution in [0, 0.1) is 11.8 Å². The number of carbonyl (C=O) groups is 1. The van der Waals surface area contributed by atoms with E-state index in [1.54, 1.807) is 0 Å². The Bertz CT molecular complexity index is 274. The zero-order valence-electron chi connectivity index (χ0n) is 11.9. The number of rotatable bonds is 4. The Kier molecular flexibility index (Phi) is 7.11. The summed E-state index contributed by atoms with van der Waals surface area (Å²) in [5.74, 6) is 1.63. The molecule has 1 aliphatic heterocycles. The molecule has 0 aromatic carbocycles. The summed E-state index contributed by atoms with van der Waals surface area (Å²) in [5.41, 5.74) is 5.66. The van der Waals surface area contributed by atoms with Gasteiger partial charge in [-0.2, -0.15) is 0 Å². The highest BCUT2D eigenvalue weighted by Crippen LogP contribution is 2.23. The summed E-state index contributed by atoms with van der Waals surface area (Å²) in [6, 6.07) is 0.418. The van der Waals surface area contributed by atoms with Gasteiger partial charge in [-0.1, -0.05) is 6.92 Å². The molecule has 1 saturated heterocycles. The summed E-state index contributed by atoms with van der Waals surface area (Å²) in [6.07, 6.45) is 5.95. The molecule has 0 bridgehead atoms. The minimum Gasteiger partial charge on any atom is -0.352 e. The molecule has 2 rings (SSSR count). The summed E-state index contributed by atoms with van der Waals surface area (Å²) in [5, 5.41) is 3.19. The molecule has 3 N–H and O–H groups in total. The molecule has 0 aromatic rings. The van der Waals surface area contributed by atoms with Crippen molar-refractivity contribution in [3.63, 3.8) is 0 Å². The Morgan fingerprint density at radius 1 is 1.26 bits per heavy atom. The number of hydrogen-bond donors (Lipinski definition) is 2. The average molecular weight is 290 g/mol. The fourth-order valence-corrected chi connectivity index (χ4v) is 3.13. The van der Waals surface area contributed by atoms with Crippen LogP contribution in [0.15, 0.2) is 0 Å². The van der Waals surface area contributed by atoms with Crippen LogP contribution in [0.4, 0.5) is 0 Å². The summed E-state index contributed by atoms with van der Waals surface area (Å²) in [7, 11) is 0. The standard InChI is InChI=1S/C14H27N3O.ClH/c1-11-2-4-13(5-3-11)16-14(18)10-17-7-6-12(8-15)9-17;/h11-13H,2-10,15H2,1H3,(H,16,18);1H. The van der Waals surface area contributed by atoms with Crippen molar-refractivity contribution < 1.29 is 4.79 Å². The van der Waals surface area contributed by atoms with E-state index < -0.39 is 0 Å².